The summed E-state index contributed by atoms with van der Waals surface area (Å²) in [6.07, 6.45) is -0.791. The van der Waals surface area contributed by atoms with E-state index in [2.05, 4.69) is 20.2 Å². The number of hydrogen-bond donors (Lipinski definition) is 1. The number of imidazole rings is 1. The Balaban J connectivity index is 1.35. The quantitative estimate of drug-likeness (QED) is 0.408. The number of anilines is 1. The molecule has 0 unspecified atom stereocenters. The van der Waals surface area contributed by atoms with Crippen LogP contribution in [0.15, 0.2) is 54.9 Å². The number of aryl methyl sites for hydroxylation is 1. The molecule has 1 saturated carbocycles. The van der Waals surface area contributed by atoms with Crippen LogP contribution in [0.2, 0.25) is 0 Å². The van der Waals surface area contributed by atoms with Crippen LogP contribution in [0.5, 0.6) is 0 Å². The molecule has 1 saturated heterocycles. The summed E-state index contributed by atoms with van der Waals surface area (Å²) in [7, 11) is 0. The van der Waals surface area contributed by atoms with Crippen LogP contribution in [-0.4, -0.2) is 26.1 Å². The molecule has 9 heteroatoms. The Bertz CT molecular complexity index is 1410. The summed E-state index contributed by atoms with van der Waals surface area (Å²) in [6.45, 7) is 1.96. The number of carbonyl (C=O) groups is 1. The van der Waals surface area contributed by atoms with Crippen LogP contribution in [0.3, 0.4) is 0 Å². The van der Waals surface area contributed by atoms with Gasteiger partial charge in [-0.25, -0.2) is 4.98 Å². The van der Waals surface area contributed by atoms with Gasteiger partial charge >= 0.3 is 6.18 Å². The Morgan fingerprint density at radius 1 is 1.03 bits per heavy atom. The summed E-state index contributed by atoms with van der Waals surface area (Å²) in [5.74, 6) is 0.451. The molecule has 1 aliphatic heterocycles. The molecule has 2 fully saturated rings. The topological polar surface area (TPSA) is 74.8 Å². The van der Waals surface area contributed by atoms with E-state index in [4.69, 9.17) is 0 Å². The first-order valence-electron chi connectivity index (χ1n) is 11.1. The van der Waals surface area contributed by atoms with Gasteiger partial charge in [0.25, 0.3) is 0 Å². The second kappa shape index (κ2) is 7.38. The molecule has 1 amide bonds. The van der Waals surface area contributed by atoms with Gasteiger partial charge in [-0.15, -0.1) is 10.2 Å². The van der Waals surface area contributed by atoms with E-state index in [1.807, 2.05) is 48.2 Å². The third kappa shape index (κ3) is 3.34. The Kier molecular flexibility index (Phi) is 4.52. The number of amides is 1. The Morgan fingerprint density at radius 3 is 2.53 bits per heavy atom. The number of aromatic nitrogens is 4. The maximum atomic E-state index is 13.2. The summed E-state index contributed by atoms with van der Waals surface area (Å²) < 4.78 is 38.4. The minimum Gasteiger partial charge on any atom is -0.345 e. The highest BCUT2D eigenvalue weighted by atomic mass is 19.4. The van der Waals surface area contributed by atoms with Gasteiger partial charge in [-0.05, 0) is 73.2 Å². The van der Waals surface area contributed by atoms with Crippen molar-refractivity contribution >= 4 is 22.6 Å². The zero-order chi connectivity index (χ0) is 23.6. The van der Waals surface area contributed by atoms with E-state index in [0.29, 0.717) is 17.2 Å². The maximum Gasteiger partial charge on any atom is 0.435 e. The molecule has 0 radical (unpaired) electrons. The second-order valence-electron chi connectivity index (χ2n) is 8.99. The number of aromatic amines is 1. The fourth-order valence-electron chi connectivity index (χ4n) is 4.92. The summed E-state index contributed by atoms with van der Waals surface area (Å²) in [4.78, 5) is 22.4. The number of alkyl halides is 3. The largest absolute Gasteiger partial charge is 0.435 e. The third-order valence-corrected chi connectivity index (χ3v) is 6.79. The maximum absolute atomic E-state index is 13.2. The summed E-state index contributed by atoms with van der Waals surface area (Å²) in [5.41, 5.74) is 4.53. The first kappa shape index (κ1) is 20.8. The van der Waals surface area contributed by atoms with E-state index in [0.717, 1.165) is 46.8 Å². The van der Waals surface area contributed by atoms with Crippen LogP contribution in [0.4, 0.5) is 18.9 Å². The van der Waals surface area contributed by atoms with Gasteiger partial charge in [0.1, 0.15) is 0 Å². The molecule has 6 nitrogen and oxygen atoms in total. The molecule has 0 bridgehead atoms. The van der Waals surface area contributed by atoms with E-state index < -0.39 is 11.9 Å². The standard InChI is InChI=1S/C25H20F3N5O/c1-13-10-15(18-8-9-21(32-31-18)25(26,27)28)4-6-17(13)23-22(14-2-3-14)24(34)33(23)16-5-7-19-20(11-16)30-12-29-19/h4-12,14,22-23H,2-3H2,1H3,(H,29,30)/t22-,23+/m1/s1. The first-order chi connectivity index (χ1) is 16.3. The van der Waals surface area contributed by atoms with Crippen molar-refractivity contribution in [3.63, 3.8) is 0 Å². The van der Waals surface area contributed by atoms with Gasteiger partial charge in [0.05, 0.1) is 35.0 Å². The molecule has 1 N–H and O–H groups in total. The van der Waals surface area contributed by atoms with Crippen LogP contribution in [0, 0.1) is 18.8 Å². The average molecular weight is 463 g/mol. The molecule has 34 heavy (non-hydrogen) atoms. The number of H-pyrrole nitrogens is 1. The zero-order valence-electron chi connectivity index (χ0n) is 18.2. The molecular formula is C25H20F3N5O. The second-order valence-corrected chi connectivity index (χ2v) is 8.99. The average Bonchev–Trinajstić information content (AvgIpc) is 3.52. The predicted octanol–water partition coefficient (Wildman–Crippen LogP) is 5.46. The lowest BCUT2D eigenvalue weighted by Gasteiger charge is -2.48. The van der Waals surface area contributed by atoms with Gasteiger partial charge < -0.3 is 9.88 Å². The Labute approximate surface area is 192 Å². The fraction of sp³-hybridized carbons (Fsp3) is 0.280. The molecule has 172 valence electrons. The SMILES string of the molecule is Cc1cc(-c2ccc(C(F)(F)F)nn2)ccc1[C@H]1[C@@H](C2CC2)C(=O)N1c1ccc2[nH]cnc2c1. The van der Waals surface area contributed by atoms with Crippen molar-refractivity contribution in [3.05, 3.63) is 71.7 Å². The Morgan fingerprint density at radius 2 is 1.85 bits per heavy atom. The molecule has 4 aromatic rings. The van der Waals surface area contributed by atoms with E-state index >= 15 is 0 Å². The summed E-state index contributed by atoms with van der Waals surface area (Å²) in [6, 6.07) is 13.6. The number of hydrogen-bond acceptors (Lipinski definition) is 4. The lowest BCUT2D eigenvalue weighted by atomic mass is 9.77. The minimum atomic E-state index is -4.53. The molecule has 1 aliphatic carbocycles. The highest BCUT2D eigenvalue weighted by molar-refractivity contribution is 6.04. The van der Waals surface area contributed by atoms with Crippen molar-refractivity contribution in [2.24, 2.45) is 11.8 Å². The highest BCUT2D eigenvalue weighted by Crippen LogP contribution is 2.54. The van der Waals surface area contributed by atoms with Crippen molar-refractivity contribution in [1.82, 2.24) is 20.2 Å². The van der Waals surface area contributed by atoms with E-state index in [1.54, 1.807) is 6.33 Å². The van der Waals surface area contributed by atoms with Gasteiger partial charge in [0.2, 0.25) is 5.91 Å². The number of halogens is 3. The van der Waals surface area contributed by atoms with Crippen molar-refractivity contribution in [2.75, 3.05) is 4.90 Å². The van der Waals surface area contributed by atoms with Crippen LogP contribution in [-0.2, 0) is 11.0 Å². The summed E-state index contributed by atoms with van der Waals surface area (Å²) in [5, 5.41) is 7.10. The number of rotatable bonds is 4. The molecule has 2 aliphatic rings. The lowest BCUT2D eigenvalue weighted by Crippen LogP contribution is -2.56. The molecule has 2 aromatic heterocycles. The summed E-state index contributed by atoms with van der Waals surface area (Å²) >= 11 is 0. The molecule has 0 spiro atoms. The minimum absolute atomic E-state index is 0.0645. The van der Waals surface area contributed by atoms with Crippen molar-refractivity contribution in [3.8, 4) is 11.3 Å². The van der Waals surface area contributed by atoms with Gasteiger partial charge in [-0.1, -0.05) is 12.1 Å². The zero-order valence-corrected chi connectivity index (χ0v) is 18.2. The van der Waals surface area contributed by atoms with Gasteiger partial charge in [0.15, 0.2) is 5.69 Å². The lowest BCUT2D eigenvalue weighted by molar-refractivity contribution is -0.141. The predicted molar refractivity (Wildman–Crippen MR) is 120 cm³/mol. The van der Waals surface area contributed by atoms with Crippen LogP contribution in [0.1, 0.15) is 35.7 Å². The van der Waals surface area contributed by atoms with Gasteiger partial charge in [-0.3, -0.25) is 4.79 Å². The van der Waals surface area contributed by atoms with Crippen molar-refractivity contribution < 1.29 is 18.0 Å². The third-order valence-electron chi connectivity index (χ3n) is 6.79. The van der Waals surface area contributed by atoms with Gasteiger partial charge in [0, 0.05) is 11.3 Å². The number of nitrogens with one attached hydrogen (secondary N) is 1. The molecule has 6 rings (SSSR count). The molecule has 3 heterocycles. The van der Waals surface area contributed by atoms with E-state index in [-0.39, 0.29) is 17.9 Å². The molecule has 2 aromatic carbocycles. The van der Waals surface area contributed by atoms with Crippen LogP contribution < -0.4 is 4.90 Å². The first-order valence-corrected chi connectivity index (χ1v) is 11.1. The monoisotopic (exact) mass is 463 g/mol. The molecular weight excluding hydrogens is 443 g/mol. The number of fused-ring (bicyclic) bond motifs is 1. The fourth-order valence-corrected chi connectivity index (χ4v) is 4.92. The Hall–Kier alpha value is -3.75. The van der Waals surface area contributed by atoms with E-state index in [9.17, 15) is 18.0 Å². The molecule has 2 atom stereocenters. The normalized spacial score (nSPS) is 20.6. The highest BCUT2D eigenvalue weighted by Gasteiger charge is 2.55. The van der Waals surface area contributed by atoms with Crippen LogP contribution in [0.25, 0.3) is 22.3 Å². The van der Waals surface area contributed by atoms with Gasteiger partial charge in [-0.2, -0.15) is 13.2 Å². The van der Waals surface area contributed by atoms with Crippen molar-refractivity contribution in [1.29, 1.82) is 0 Å². The smallest absolute Gasteiger partial charge is 0.345 e. The van der Waals surface area contributed by atoms with Crippen LogP contribution >= 0.6 is 0 Å². The van der Waals surface area contributed by atoms with E-state index in [1.165, 1.54) is 6.07 Å². The number of carbonyl (C=O) groups excluding carboxylic acids is 1. The number of benzene rings is 2. The van der Waals surface area contributed by atoms with Crippen molar-refractivity contribution in [2.45, 2.75) is 32.0 Å². The number of nitrogens with zero attached hydrogens (tertiary/aromatic N) is 4. The number of β-lactam (4-membered cyclic amide) rings is 1.